The van der Waals surface area contributed by atoms with E-state index < -0.39 is 0 Å². The Balaban J connectivity index is 0.00000420. The highest BCUT2D eigenvalue weighted by atomic mass is 127. The average molecular weight is 535 g/mol. The number of aliphatic imine (C=N–C) groups is 1. The Morgan fingerprint density at radius 1 is 1.34 bits per heavy atom. The Morgan fingerprint density at radius 2 is 2.10 bits per heavy atom. The molecular formula is C19H28ClIN6O2. The van der Waals surface area contributed by atoms with Gasteiger partial charge < -0.3 is 15.4 Å². The highest BCUT2D eigenvalue weighted by Crippen LogP contribution is 2.22. The third-order valence-corrected chi connectivity index (χ3v) is 4.31. The average Bonchev–Trinajstić information content (AvgIpc) is 3.08. The minimum Gasteiger partial charge on any atom is -0.468 e. The van der Waals surface area contributed by atoms with E-state index in [2.05, 4.69) is 50.6 Å². The second-order valence-electron chi connectivity index (χ2n) is 7.23. The fourth-order valence-corrected chi connectivity index (χ4v) is 2.89. The van der Waals surface area contributed by atoms with Crippen LogP contribution in [0.4, 0.5) is 0 Å². The normalized spacial score (nSPS) is 11.6. The van der Waals surface area contributed by atoms with E-state index in [1.54, 1.807) is 13.2 Å². The van der Waals surface area contributed by atoms with Gasteiger partial charge in [-0.15, -0.1) is 29.1 Å². The molecule has 2 N–H and O–H groups in total. The zero-order chi connectivity index (χ0) is 20.6. The highest BCUT2D eigenvalue weighted by molar-refractivity contribution is 14.0. The summed E-state index contributed by atoms with van der Waals surface area (Å²) >= 11 is 6.08. The van der Waals surface area contributed by atoms with Crippen LogP contribution in [0.5, 0.6) is 0 Å². The van der Waals surface area contributed by atoms with Gasteiger partial charge in [-0.2, -0.15) is 0 Å². The SMILES string of the molecule is CN=C(NCc1cn(CC(=O)OC)nn1)NCC(C)(C)Cc1cccc(Cl)c1.I. The molecule has 0 spiro atoms. The first-order chi connectivity index (χ1) is 13.3. The Morgan fingerprint density at radius 3 is 2.76 bits per heavy atom. The van der Waals surface area contributed by atoms with Crippen LogP contribution in [0.15, 0.2) is 35.5 Å². The summed E-state index contributed by atoms with van der Waals surface area (Å²) in [6.07, 6.45) is 2.58. The summed E-state index contributed by atoms with van der Waals surface area (Å²) in [6, 6.07) is 7.92. The van der Waals surface area contributed by atoms with Crippen molar-refractivity contribution >= 4 is 47.5 Å². The van der Waals surface area contributed by atoms with Crippen molar-refractivity contribution in [3.63, 3.8) is 0 Å². The molecule has 0 aliphatic rings. The van der Waals surface area contributed by atoms with E-state index in [1.807, 2.05) is 18.2 Å². The van der Waals surface area contributed by atoms with Gasteiger partial charge in [0.1, 0.15) is 12.2 Å². The summed E-state index contributed by atoms with van der Waals surface area (Å²) in [6.45, 7) is 5.58. The lowest BCUT2D eigenvalue weighted by atomic mass is 9.86. The van der Waals surface area contributed by atoms with Crippen molar-refractivity contribution < 1.29 is 9.53 Å². The first-order valence-corrected chi connectivity index (χ1v) is 9.34. The molecular weight excluding hydrogens is 507 g/mol. The van der Waals surface area contributed by atoms with Crippen LogP contribution >= 0.6 is 35.6 Å². The van der Waals surface area contributed by atoms with Crippen molar-refractivity contribution in [3.8, 4) is 0 Å². The van der Waals surface area contributed by atoms with Crippen molar-refractivity contribution in [2.45, 2.75) is 33.4 Å². The summed E-state index contributed by atoms with van der Waals surface area (Å²) in [7, 11) is 3.05. The second kappa shape index (κ2) is 12.0. The molecule has 0 fully saturated rings. The van der Waals surface area contributed by atoms with Gasteiger partial charge in [0, 0.05) is 18.6 Å². The largest absolute Gasteiger partial charge is 0.468 e. The molecule has 2 rings (SSSR count). The molecule has 2 aromatic rings. The third kappa shape index (κ3) is 8.99. The lowest BCUT2D eigenvalue weighted by Gasteiger charge is -2.26. The summed E-state index contributed by atoms with van der Waals surface area (Å²) < 4.78 is 6.05. The molecule has 8 nitrogen and oxygen atoms in total. The number of hydrogen-bond acceptors (Lipinski definition) is 5. The van der Waals surface area contributed by atoms with Gasteiger partial charge in [-0.05, 0) is 29.5 Å². The predicted octanol–water partition coefficient (Wildman–Crippen LogP) is 2.66. The number of nitrogens with zero attached hydrogens (tertiary/aromatic N) is 4. The van der Waals surface area contributed by atoms with Crippen LogP contribution in [-0.2, 0) is 29.0 Å². The quantitative estimate of drug-likeness (QED) is 0.234. The Kier molecular flexibility index (Phi) is 10.4. The molecule has 1 aromatic carbocycles. The number of carbonyl (C=O) groups excluding carboxylic acids is 1. The number of rotatable bonds is 8. The predicted molar refractivity (Wildman–Crippen MR) is 125 cm³/mol. The van der Waals surface area contributed by atoms with E-state index in [9.17, 15) is 4.79 Å². The Labute approximate surface area is 193 Å². The van der Waals surface area contributed by atoms with Crippen LogP contribution in [0.3, 0.4) is 0 Å². The molecule has 160 valence electrons. The number of benzene rings is 1. The van der Waals surface area contributed by atoms with Gasteiger partial charge in [0.05, 0.1) is 19.9 Å². The Hall–Kier alpha value is -1.88. The Bertz CT molecular complexity index is 825. The maximum Gasteiger partial charge on any atom is 0.327 e. The van der Waals surface area contributed by atoms with E-state index in [1.165, 1.54) is 17.4 Å². The highest BCUT2D eigenvalue weighted by Gasteiger charge is 2.19. The zero-order valence-corrected chi connectivity index (χ0v) is 20.2. The monoisotopic (exact) mass is 534 g/mol. The third-order valence-electron chi connectivity index (χ3n) is 4.07. The number of methoxy groups -OCH3 is 1. The molecule has 0 amide bonds. The number of aromatic nitrogens is 3. The molecule has 0 aliphatic carbocycles. The molecule has 0 unspecified atom stereocenters. The number of halogens is 2. The van der Waals surface area contributed by atoms with Gasteiger partial charge >= 0.3 is 5.97 Å². The number of carbonyl (C=O) groups is 1. The second-order valence-corrected chi connectivity index (χ2v) is 7.67. The molecule has 0 aliphatic heterocycles. The minimum atomic E-state index is -0.371. The number of ether oxygens (including phenoxy) is 1. The van der Waals surface area contributed by atoms with Crippen LogP contribution in [0.2, 0.25) is 5.02 Å². The first-order valence-electron chi connectivity index (χ1n) is 8.96. The van der Waals surface area contributed by atoms with E-state index >= 15 is 0 Å². The smallest absolute Gasteiger partial charge is 0.327 e. The summed E-state index contributed by atoms with van der Waals surface area (Å²) in [5, 5.41) is 15.2. The number of esters is 1. The standard InChI is InChI=1S/C19H27ClN6O2.HI/c1-19(2,9-14-6-5-7-15(20)8-14)13-23-18(21-3)22-10-16-11-26(25-24-16)12-17(27)28-4;/h5-8,11H,9-10,12-13H2,1-4H3,(H2,21,22,23);1H. The van der Waals surface area contributed by atoms with Crippen LogP contribution in [0, 0.1) is 5.41 Å². The molecule has 0 atom stereocenters. The van der Waals surface area contributed by atoms with E-state index in [4.69, 9.17) is 11.6 Å². The lowest BCUT2D eigenvalue weighted by Crippen LogP contribution is -2.42. The van der Waals surface area contributed by atoms with Gasteiger partial charge in [-0.1, -0.05) is 42.8 Å². The van der Waals surface area contributed by atoms with E-state index in [0.29, 0.717) is 18.2 Å². The zero-order valence-electron chi connectivity index (χ0n) is 17.1. The molecule has 1 aromatic heterocycles. The fourth-order valence-electron chi connectivity index (χ4n) is 2.67. The minimum absolute atomic E-state index is 0. The van der Waals surface area contributed by atoms with Crippen LogP contribution in [-0.4, -0.2) is 47.6 Å². The van der Waals surface area contributed by atoms with Crippen molar-refractivity contribution in [1.82, 2.24) is 25.6 Å². The maximum atomic E-state index is 11.3. The van der Waals surface area contributed by atoms with Gasteiger partial charge in [0.15, 0.2) is 5.96 Å². The number of guanidine groups is 1. The molecule has 1 heterocycles. The topological polar surface area (TPSA) is 93.4 Å². The van der Waals surface area contributed by atoms with Crippen LogP contribution < -0.4 is 10.6 Å². The lowest BCUT2D eigenvalue weighted by molar-refractivity contribution is -0.141. The number of nitrogens with one attached hydrogen (secondary N) is 2. The molecule has 29 heavy (non-hydrogen) atoms. The van der Waals surface area contributed by atoms with Crippen molar-refractivity contribution in [2.24, 2.45) is 10.4 Å². The van der Waals surface area contributed by atoms with E-state index in [-0.39, 0.29) is 41.9 Å². The van der Waals surface area contributed by atoms with Crippen LogP contribution in [0.25, 0.3) is 0 Å². The van der Waals surface area contributed by atoms with Gasteiger partial charge in [-0.3, -0.25) is 9.79 Å². The van der Waals surface area contributed by atoms with E-state index in [0.717, 1.165) is 18.0 Å². The summed E-state index contributed by atoms with van der Waals surface area (Å²) in [5.41, 5.74) is 1.90. The summed E-state index contributed by atoms with van der Waals surface area (Å²) in [4.78, 5) is 15.5. The molecule has 0 saturated heterocycles. The molecule has 0 saturated carbocycles. The fraction of sp³-hybridized carbons (Fsp3) is 0.474. The first kappa shape index (κ1) is 25.2. The summed E-state index contributed by atoms with van der Waals surface area (Å²) in [5.74, 6) is 0.297. The van der Waals surface area contributed by atoms with Gasteiger partial charge in [0.2, 0.25) is 0 Å². The van der Waals surface area contributed by atoms with Crippen molar-refractivity contribution in [1.29, 1.82) is 0 Å². The maximum absolute atomic E-state index is 11.3. The molecule has 10 heteroatoms. The van der Waals surface area contributed by atoms with Crippen molar-refractivity contribution in [2.75, 3.05) is 20.7 Å². The molecule has 0 bridgehead atoms. The van der Waals surface area contributed by atoms with Gasteiger partial charge in [0.25, 0.3) is 0 Å². The van der Waals surface area contributed by atoms with Gasteiger partial charge in [-0.25, -0.2) is 4.68 Å². The molecule has 0 radical (unpaired) electrons. The van der Waals surface area contributed by atoms with Crippen molar-refractivity contribution in [3.05, 3.63) is 46.7 Å². The van der Waals surface area contributed by atoms with Crippen LogP contribution in [0.1, 0.15) is 25.1 Å². The number of hydrogen-bond donors (Lipinski definition) is 2.